The molecule has 0 saturated carbocycles. The van der Waals surface area contributed by atoms with Crippen LogP contribution in [0.2, 0.25) is 0 Å². The van der Waals surface area contributed by atoms with Crippen LogP contribution in [0.1, 0.15) is 0 Å². The summed E-state index contributed by atoms with van der Waals surface area (Å²) >= 11 is 0. The van der Waals surface area contributed by atoms with Gasteiger partial charge in [0, 0.05) is 6.07 Å². The smallest absolute Gasteiger partial charge is 0.273 e. The third-order valence-electron chi connectivity index (χ3n) is 2.78. The van der Waals surface area contributed by atoms with E-state index in [4.69, 9.17) is 9.47 Å². The molecule has 2 rings (SSSR count). The number of anilines is 1. The second-order valence-electron chi connectivity index (χ2n) is 4.29. The number of non-ortho nitro benzene ring substituents is 1. The second-order valence-corrected chi connectivity index (χ2v) is 4.29. The Bertz CT molecular complexity index is 673. The van der Waals surface area contributed by atoms with E-state index < -0.39 is 10.8 Å². The third-order valence-corrected chi connectivity index (χ3v) is 2.78. The van der Waals surface area contributed by atoms with Crippen LogP contribution in [0.4, 0.5) is 11.4 Å². The molecule has 22 heavy (non-hydrogen) atoms. The zero-order valence-electron chi connectivity index (χ0n) is 11.8. The zero-order chi connectivity index (χ0) is 15.9. The molecule has 0 radical (unpaired) electrons. The predicted octanol–water partition coefficient (Wildman–Crippen LogP) is 2.62. The molecule has 2 aromatic carbocycles. The number of nitro groups is 1. The number of benzene rings is 2. The fourth-order valence-electron chi connectivity index (χ4n) is 1.75. The number of hydrogen-bond acceptors (Lipinski definition) is 5. The summed E-state index contributed by atoms with van der Waals surface area (Å²) in [6, 6.07) is 12.9. The second kappa shape index (κ2) is 7.07. The number of carbonyl (C=O) groups is 1. The van der Waals surface area contributed by atoms with Crippen molar-refractivity contribution in [1.29, 1.82) is 0 Å². The number of nitrogens with one attached hydrogen (secondary N) is 1. The van der Waals surface area contributed by atoms with Crippen LogP contribution in [-0.4, -0.2) is 24.5 Å². The molecule has 7 nitrogen and oxygen atoms in total. The summed E-state index contributed by atoms with van der Waals surface area (Å²) in [5, 5.41) is 13.3. The summed E-state index contributed by atoms with van der Waals surface area (Å²) in [5.41, 5.74) is 0.227. The van der Waals surface area contributed by atoms with Crippen molar-refractivity contribution >= 4 is 17.3 Å². The number of carbonyl (C=O) groups excluding carboxylic acids is 1. The monoisotopic (exact) mass is 302 g/mol. The van der Waals surface area contributed by atoms with Crippen molar-refractivity contribution in [3.05, 3.63) is 58.6 Å². The van der Waals surface area contributed by atoms with Gasteiger partial charge in [-0.3, -0.25) is 14.9 Å². The first-order valence-corrected chi connectivity index (χ1v) is 6.40. The van der Waals surface area contributed by atoms with Gasteiger partial charge in [0.1, 0.15) is 11.5 Å². The molecule has 0 aliphatic carbocycles. The lowest BCUT2D eigenvalue weighted by atomic mass is 10.2. The maximum atomic E-state index is 11.8. The van der Waals surface area contributed by atoms with E-state index in [1.54, 1.807) is 24.3 Å². The number of nitrogens with zero attached hydrogens (tertiary/aromatic N) is 1. The summed E-state index contributed by atoms with van der Waals surface area (Å²) in [6.45, 7) is -0.176. The molecule has 7 heteroatoms. The van der Waals surface area contributed by atoms with Crippen LogP contribution in [0.3, 0.4) is 0 Å². The molecule has 0 aromatic heterocycles. The van der Waals surface area contributed by atoms with Gasteiger partial charge in [0.2, 0.25) is 0 Å². The Morgan fingerprint density at radius 3 is 2.59 bits per heavy atom. The summed E-state index contributed by atoms with van der Waals surface area (Å²) in [5.74, 6) is 0.395. The fourth-order valence-corrected chi connectivity index (χ4v) is 1.75. The Morgan fingerprint density at radius 2 is 1.95 bits per heavy atom. The van der Waals surface area contributed by atoms with Gasteiger partial charge in [-0.15, -0.1) is 0 Å². The summed E-state index contributed by atoms with van der Waals surface area (Å²) in [4.78, 5) is 22.0. The van der Waals surface area contributed by atoms with E-state index in [2.05, 4.69) is 5.32 Å². The molecule has 2 aromatic rings. The van der Waals surface area contributed by atoms with Crippen molar-refractivity contribution in [2.24, 2.45) is 0 Å². The van der Waals surface area contributed by atoms with Gasteiger partial charge >= 0.3 is 0 Å². The van der Waals surface area contributed by atoms with Crippen LogP contribution in [-0.2, 0) is 4.79 Å². The van der Waals surface area contributed by atoms with Crippen LogP contribution in [0, 0.1) is 10.1 Å². The van der Waals surface area contributed by atoms with E-state index >= 15 is 0 Å². The summed E-state index contributed by atoms with van der Waals surface area (Å²) < 4.78 is 10.4. The minimum atomic E-state index is -0.535. The average molecular weight is 302 g/mol. The van der Waals surface area contributed by atoms with E-state index in [-0.39, 0.29) is 18.0 Å². The predicted molar refractivity (Wildman–Crippen MR) is 80.2 cm³/mol. The molecule has 0 bridgehead atoms. The lowest BCUT2D eigenvalue weighted by Crippen LogP contribution is -2.20. The van der Waals surface area contributed by atoms with E-state index in [1.807, 2.05) is 6.07 Å². The van der Waals surface area contributed by atoms with Crippen molar-refractivity contribution in [2.45, 2.75) is 0 Å². The van der Waals surface area contributed by atoms with Crippen molar-refractivity contribution in [1.82, 2.24) is 0 Å². The molecule has 114 valence electrons. The molecule has 0 aliphatic heterocycles. The minimum absolute atomic E-state index is 0.115. The molecule has 1 amide bonds. The number of ether oxygens (including phenoxy) is 2. The fraction of sp³-hybridized carbons (Fsp3) is 0.133. The largest absolute Gasteiger partial charge is 0.494 e. The first kappa shape index (κ1) is 15.3. The first-order chi connectivity index (χ1) is 10.6. The van der Waals surface area contributed by atoms with Crippen molar-refractivity contribution < 1.29 is 19.2 Å². The van der Waals surface area contributed by atoms with Crippen LogP contribution in [0.15, 0.2) is 48.5 Å². The number of nitro benzene ring substituents is 1. The lowest BCUT2D eigenvalue weighted by Gasteiger charge is -2.10. The first-order valence-electron chi connectivity index (χ1n) is 6.40. The van der Waals surface area contributed by atoms with Crippen LogP contribution in [0.5, 0.6) is 11.5 Å². The molecule has 0 heterocycles. The number of hydrogen-bond donors (Lipinski definition) is 1. The van der Waals surface area contributed by atoms with Crippen LogP contribution in [0.25, 0.3) is 0 Å². The highest BCUT2D eigenvalue weighted by Gasteiger charge is 2.13. The average Bonchev–Trinajstić information content (AvgIpc) is 2.54. The standard InChI is InChI=1S/C15H14N2O5/c1-21-14-9-11(17(19)20)7-8-13(14)16-15(18)10-22-12-5-3-2-4-6-12/h2-9H,10H2,1H3,(H,16,18). The number of rotatable bonds is 6. The number of para-hydroxylation sites is 1. The highest BCUT2D eigenvalue weighted by molar-refractivity contribution is 5.93. The van der Waals surface area contributed by atoms with Crippen LogP contribution < -0.4 is 14.8 Å². The topological polar surface area (TPSA) is 90.7 Å². The quantitative estimate of drug-likeness (QED) is 0.654. The van der Waals surface area contributed by atoms with Gasteiger partial charge in [-0.2, -0.15) is 0 Å². The van der Waals surface area contributed by atoms with Gasteiger partial charge in [0.15, 0.2) is 6.61 Å². The molecule has 0 aliphatic rings. The van der Waals surface area contributed by atoms with E-state index in [9.17, 15) is 14.9 Å². The molecule has 0 saturated heterocycles. The van der Waals surface area contributed by atoms with Gasteiger partial charge < -0.3 is 14.8 Å². The van der Waals surface area contributed by atoms with Gasteiger partial charge in [-0.05, 0) is 18.2 Å². The lowest BCUT2D eigenvalue weighted by molar-refractivity contribution is -0.384. The Balaban J connectivity index is 2.00. The SMILES string of the molecule is COc1cc([N+](=O)[O-])ccc1NC(=O)COc1ccccc1. The van der Waals surface area contributed by atoms with E-state index in [0.717, 1.165) is 0 Å². The molecule has 1 N–H and O–H groups in total. The van der Waals surface area contributed by atoms with Crippen molar-refractivity contribution in [3.63, 3.8) is 0 Å². The van der Waals surface area contributed by atoms with E-state index in [1.165, 1.54) is 25.3 Å². The van der Waals surface area contributed by atoms with E-state index in [0.29, 0.717) is 11.4 Å². The summed E-state index contributed by atoms with van der Waals surface area (Å²) in [7, 11) is 1.37. The number of methoxy groups -OCH3 is 1. The maximum Gasteiger partial charge on any atom is 0.273 e. The minimum Gasteiger partial charge on any atom is -0.494 e. The molecular weight excluding hydrogens is 288 g/mol. The Morgan fingerprint density at radius 1 is 1.23 bits per heavy atom. The summed E-state index contributed by atoms with van der Waals surface area (Å²) in [6.07, 6.45) is 0. The third kappa shape index (κ3) is 3.95. The Labute approximate surface area is 126 Å². The number of amides is 1. The van der Waals surface area contributed by atoms with Gasteiger partial charge in [0.25, 0.3) is 11.6 Å². The van der Waals surface area contributed by atoms with Gasteiger partial charge in [-0.1, -0.05) is 18.2 Å². The maximum absolute atomic E-state index is 11.8. The van der Waals surface area contributed by atoms with Crippen LogP contribution >= 0.6 is 0 Å². The molecule has 0 fully saturated rings. The molecule has 0 unspecified atom stereocenters. The van der Waals surface area contributed by atoms with Gasteiger partial charge in [-0.25, -0.2) is 0 Å². The Kier molecular flexibility index (Phi) is 4.92. The Hall–Kier alpha value is -3.09. The van der Waals surface area contributed by atoms with Gasteiger partial charge in [0.05, 0.1) is 23.8 Å². The highest BCUT2D eigenvalue weighted by Crippen LogP contribution is 2.28. The molecule has 0 atom stereocenters. The zero-order valence-corrected chi connectivity index (χ0v) is 11.8. The molecule has 0 spiro atoms. The van der Waals surface area contributed by atoms with Crippen molar-refractivity contribution in [2.75, 3.05) is 19.0 Å². The highest BCUT2D eigenvalue weighted by atomic mass is 16.6. The normalized spacial score (nSPS) is 9.86. The molecular formula is C15H14N2O5. The van der Waals surface area contributed by atoms with Crippen molar-refractivity contribution in [3.8, 4) is 11.5 Å².